The van der Waals surface area contributed by atoms with Gasteiger partial charge in [-0.1, -0.05) is 12.8 Å². The molecule has 90 valence electrons. The van der Waals surface area contributed by atoms with Crippen molar-refractivity contribution in [1.82, 2.24) is 10.3 Å². The molecular weight excluding hydrogens is 218 g/mol. The number of carbonyl (C=O) groups is 2. The van der Waals surface area contributed by atoms with E-state index in [4.69, 9.17) is 0 Å². The fraction of sp³-hybridized carbons (Fsp3) is 0.417. The minimum absolute atomic E-state index is 0.158. The summed E-state index contributed by atoms with van der Waals surface area (Å²) in [5.41, 5.74) is 0.576. The molecule has 1 aliphatic rings. The summed E-state index contributed by atoms with van der Waals surface area (Å²) < 4.78 is 0. The number of nitrogens with one attached hydrogen (secondary N) is 2. The molecule has 1 aromatic heterocycles. The van der Waals surface area contributed by atoms with Gasteiger partial charge in [0.15, 0.2) is 0 Å². The first-order valence-corrected chi connectivity index (χ1v) is 5.77. The van der Waals surface area contributed by atoms with Gasteiger partial charge in [0.05, 0.1) is 0 Å². The van der Waals surface area contributed by atoms with Gasteiger partial charge in [0.2, 0.25) is 0 Å². The van der Waals surface area contributed by atoms with E-state index in [0.29, 0.717) is 5.69 Å². The lowest BCUT2D eigenvalue weighted by molar-refractivity contribution is -0.136. The zero-order valence-corrected chi connectivity index (χ0v) is 9.48. The Morgan fingerprint density at radius 3 is 2.41 bits per heavy atom. The van der Waals surface area contributed by atoms with E-state index >= 15 is 0 Å². The monoisotopic (exact) mass is 233 g/mol. The van der Waals surface area contributed by atoms with Crippen molar-refractivity contribution in [2.45, 2.75) is 31.7 Å². The molecule has 1 aliphatic carbocycles. The molecule has 17 heavy (non-hydrogen) atoms. The minimum atomic E-state index is -0.622. The van der Waals surface area contributed by atoms with Crippen molar-refractivity contribution < 1.29 is 9.59 Å². The summed E-state index contributed by atoms with van der Waals surface area (Å²) in [6, 6.07) is 3.44. The number of amides is 2. The second-order valence-electron chi connectivity index (χ2n) is 4.14. The maximum atomic E-state index is 11.6. The molecule has 0 unspecified atom stereocenters. The van der Waals surface area contributed by atoms with E-state index in [1.54, 1.807) is 24.5 Å². The van der Waals surface area contributed by atoms with E-state index in [0.717, 1.165) is 25.7 Å². The topological polar surface area (TPSA) is 71.1 Å². The zero-order chi connectivity index (χ0) is 12.1. The Labute approximate surface area is 99.6 Å². The predicted octanol–water partition coefficient (Wildman–Crippen LogP) is 1.08. The maximum absolute atomic E-state index is 11.6. The van der Waals surface area contributed by atoms with Gasteiger partial charge in [0.25, 0.3) is 0 Å². The van der Waals surface area contributed by atoms with E-state index in [-0.39, 0.29) is 6.04 Å². The van der Waals surface area contributed by atoms with Crippen molar-refractivity contribution in [3.63, 3.8) is 0 Å². The van der Waals surface area contributed by atoms with Crippen molar-refractivity contribution in [2.75, 3.05) is 5.32 Å². The van der Waals surface area contributed by atoms with Gasteiger partial charge < -0.3 is 10.6 Å². The summed E-state index contributed by atoms with van der Waals surface area (Å²) in [7, 11) is 0. The minimum Gasteiger partial charge on any atom is -0.345 e. The van der Waals surface area contributed by atoms with Gasteiger partial charge in [0, 0.05) is 24.1 Å². The number of nitrogens with zero attached hydrogens (tertiary/aromatic N) is 1. The van der Waals surface area contributed by atoms with E-state index in [9.17, 15) is 9.59 Å². The fourth-order valence-corrected chi connectivity index (χ4v) is 1.94. The summed E-state index contributed by atoms with van der Waals surface area (Å²) in [5.74, 6) is -1.18. The highest BCUT2D eigenvalue weighted by molar-refractivity contribution is 6.39. The van der Waals surface area contributed by atoms with Crippen molar-refractivity contribution in [1.29, 1.82) is 0 Å². The van der Waals surface area contributed by atoms with Crippen LogP contribution in [0.5, 0.6) is 0 Å². The second-order valence-corrected chi connectivity index (χ2v) is 4.14. The van der Waals surface area contributed by atoms with Crippen LogP contribution in [-0.4, -0.2) is 22.8 Å². The number of aromatic nitrogens is 1. The van der Waals surface area contributed by atoms with Crippen LogP contribution in [-0.2, 0) is 9.59 Å². The molecule has 0 atom stereocenters. The number of anilines is 1. The highest BCUT2D eigenvalue weighted by atomic mass is 16.2. The van der Waals surface area contributed by atoms with Crippen LogP contribution in [0.1, 0.15) is 25.7 Å². The molecule has 1 aromatic rings. The third-order valence-corrected chi connectivity index (χ3v) is 2.83. The average molecular weight is 233 g/mol. The number of hydrogen-bond acceptors (Lipinski definition) is 3. The van der Waals surface area contributed by atoms with Crippen LogP contribution in [0.25, 0.3) is 0 Å². The van der Waals surface area contributed by atoms with Gasteiger partial charge in [-0.3, -0.25) is 14.6 Å². The van der Waals surface area contributed by atoms with Crippen molar-refractivity contribution in [3.8, 4) is 0 Å². The van der Waals surface area contributed by atoms with Crippen molar-refractivity contribution in [3.05, 3.63) is 24.5 Å². The van der Waals surface area contributed by atoms with E-state index in [1.165, 1.54) is 0 Å². The van der Waals surface area contributed by atoms with Crippen LogP contribution in [0.3, 0.4) is 0 Å². The number of rotatable bonds is 2. The summed E-state index contributed by atoms with van der Waals surface area (Å²) in [5, 5.41) is 5.26. The smallest absolute Gasteiger partial charge is 0.313 e. The first-order valence-electron chi connectivity index (χ1n) is 5.77. The second kappa shape index (κ2) is 5.43. The lowest BCUT2D eigenvalue weighted by atomic mass is 10.2. The van der Waals surface area contributed by atoms with Gasteiger partial charge in [0.1, 0.15) is 0 Å². The van der Waals surface area contributed by atoms with Crippen LogP contribution in [0.4, 0.5) is 5.69 Å². The SMILES string of the molecule is O=C(Nc1ccncc1)C(=O)NC1CCCC1. The molecule has 0 aliphatic heterocycles. The Morgan fingerprint density at radius 2 is 1.76 bits per heavy atom. The van der Waals surface area contributed by atoms with Gasteiger partial charge in [-0.2, -0.15) is 0 Å². The molecule has 1 fully saturated rings. The molecule has 2 rings (SSSR count). The first-order chi connectivity index (χ1) is 8.25. The quantitative estimate of drug-likeness (QED) is 0.751. The third-order valence-electron chi connectivity index (χ3n) is 2.83. The Balaban J connectivity index is 1.85. The Bertz CT molecular complexity index is 399. The molecule has 5 heteroatoms. The summed E-state index contributed by atoms with van der Waals surface area (Å²) >= 11 is 0. The molecule has 0 bridgehead atoms. The highest BCUT2D eigenvalue weighted by Crippen LogP contribution is 2.17. The van der Waals surface area contributed by atoms with Crippen LogP contribution in [0.15, 0.2) is 24.5 Å². The largest absolute Gasteiger partial charge is 0.345 e. The molecule has 0 radical (unpaired) electrons. The molecule has 2 amide bonds. The van der Waals surface area contributed by atoms with Crippen LogP contribution < -0.4 is 10.6 Å². The van der Waals surface area contributed by atoms with Gasteiger partial charge in [-0.05, 0) is 25.0 Å². The lowest BCUT2D eigenvalue weighted by Crippen LogP contribution is -2.40. The average Bonchev–Trinajstić information content (AvgIpc) is 2.83. The molecule has 0 saturated heterocycles. The Kier molecular flexibility index (Phi) is 3.69. The van der Waals surface area contributed by atoms with E-state index < -0.39 is 11.8 Å². The zero-order valence-electron chi connectivity index (χ0n) is 9.48. The molecule has 2 N–H and O–H groups in total. The molecule has 1 heterocycles. The Morgan fingerprint density at radius 1 is 1.12 bits per heavy atom. The highest BCUT2D eigenvalue weighted by Gasteiger charge is 2.21. The van der Waals surface area contributed by atoms with Crippen LogP contribution in [0.2, 0.25) is 0 Å². The van der Waals surface area contributed by atoms with E-state index in [1.807, 2.05) is 0 Å². The van der Waals surface area contributed by atoms with Crippen molar-refractivity contribution >= 4 is 17.5 Å². The molecule has 1 saturated carbocycles. The molecule has 0 spiro atoms. The van der Waals surface area contributed by atoms with Crippen molar-refractivity contribution in [2.24, 2.45) is 0 Å². The number of hydrogen-bond donors (Lipinski definition) is 2. The van der Waals surface area contributed by atoms with E-state index in [2.05, 4.69) is 15.6 Å². The lowest BCUT2D eigenvalue weighted by Gasteiger charge is -2.11. The first kappa shape index (κ1) is 11.6. The maximum Gasteiger partial charge on any atom is 0.313 e. The third kappa shape index (κ3) is 3.27. The van der Waals surface area contributed by atoms with Gasteiger partial charge in [-0.15, -0.1) is 0 Å². The molecular formula is C12H15N3O2. The van der Waals surface area contributed by atoms with Gasteiger partial charge >= 0.3 is 11.8 Å². The molecule has 0 aromatic carbocycles. The normalized spacial score (nSPS) is 15.5. The fourth-order valence-electron chi connectivity index (χ4n) is 1.94. The number of carbonyl (C=O) groups excluding carboxylic acids is 2. The van der Waals surface area contributed by atoms with Crippen LogP contribution in [0, 0.1) is 0 Å². The summed E-state index contributed by atoms with van der Waals surface area (Å²) in [6.45, 7) is 0. The summed E-state index contributed by atoms with van der Waals surface area (Å²) in [4.78, 5) is 27.0. The Hall–Kier alpha value is -1.91. The predicted molar refractivity (Wildman–Crippen MR) is 63.3 cm³/mol. The summed E-state index contributed by atoms with van der Waals surface area (Å²) in [6.07, 6.45) is 7.30. The van der Waals surface area contributed by atoms with Crippen LogP contribution >= 0.6 is 0 Å². The molecule has 5 nitrogen and oxygen atoms in total. The number of pyridine rings is 1. The van der Waals surface area contributed by atoms with Gasteiger partial charge in [-0.25, -0.2) is 0 Å². The standard InChI is InChI=1S/C12H15N3O2/c16-11(14-9-3-1-2-4-9)12(17)15-10-5-7-13-8-6-10/h5-9H,1-4H2,(H,14,16)(H,13,15,17).